The summed E-state index contributed by atoms with van der Waals surface area (Å²) >= 11 is 1.77. The van der Waals surface area contributed by atoms with Crippen LogP contribution in [0.25, 0.3) is 10.2 Å². The average Bonchev–Trinajstić information content (AvgIpc) is 2.95. The summed E-state index contributed by atoms with van der Waals surface area (Å²) in [5, 5.41) is 4.76. The molecular weight excluding hydrogens is 218 g/mol. The van der Waals surface area contributed by atoms with Crippen molar-refractivity contribution in [2.24, 2.45) is 0 Å². The summed E-state index contributed by atoms with van der Waals surface area (Å²) in [4.78, 5) is 8.65. The van der Waals surface area contributed by atoms with Crippen LogP contribution in [0.15, 0.2) is 18.5 Å². The lowest BCUT2D eigenvalue weighted by molar-refractivity contribution is 0.523. The lowest BCUT2D eigenvalue weighted by Crippen LogP contribution is -2.25. The van der Waals surface area contributed by atoms with E-state index in [0.717, 1.165) is 12.1 Å². The largest absolute Gasteiger partial charge is 0.308 e. The van der Waals surface area contributed by atoms with Crippen molar-refractivity contribution in [2.75, 3.05) is 0 Å². The average molecular weight is 233 g/mol. The highest BCUT2D eigenvalue weighted by Gasteiger charge is 2.14. The molecule has 84 valence electrons. The topological polar surface area (TPSA) is 37.8 Å². The van der Waals surface area contributed by atoms with Crippen LogP contribution in [-0.4, -0.2) is 16.0 Å². The molecule has 1 N–H and O–H groups in total. The number of hydrogen-bond acceptors (Lipinski definition) is 4. The Kier molecular flexibility index (Phi) is 2.84. The molecule has 1 aliphatic carbocycles. The Morgan fingerprint density at radius 3 is 3.06 bits per heavy atom. The zero-order valence-electron chi connectivity index (χ0n) is 9.15. The molecule has 2 aromatic heterocycles. The van der Waals surface area contributed by atoms with Gasteiger partial charge in [0.2, 0.25) is 0 Å². The van der Waals surface area contributed by atoms with Crippen LogP contribution in [0.1, 0.15) is 30.7 Å². The molecule has 0 amide bonds. The Morgan fingerprint density at radius 1 is 1.38 bits per heavy atom. The quantitative estimate of drug-likeness (QED) is 0.885. The second kappa shape index (κ2) is 4.47. The highest BCUT2D eigenvalue weighted by molar-refractivity contribution is 7.18. The molecule has 3 nitrogen and oxygen atoms in total. The first kappa shape index (κ1) is 10.2. The number of thiazole rings is 1. The van der Waals surface area contributed by atoms with Crippen molar-refractivity contribution in [3.63, 3.8) is 0 Å². The first-order chi connectivity index (χ1) is 7.92. The van der Waals surface area contributed by atoms with Gasteiger partial charge in [0.1, 0.15) is 5.01 Å². The molecule has 0 unspecified atom stereocenters. The summed E-state index contributed by atoms with van der Waals surface area (Å²) in [7, 11) is 0. The summed E-state index contributed by atoms with van der Waals surface area (Å²) in [6.45, 7) is 0.907. The van der Waals surface area contributed by atoms with Gasteiger partial charge in [-0.05, 0) is 18.9 Å². The van der Waals surface area contributed by atoms with Crippen LogP contribution >= 0.6 is 11.3 Å². The molecule has 2 aromatic rings. The number of fused-ring (bicyclic) bond motifs is 1. The van der Waals surface area contributed by atoms with Gasteiger partial charge in [-0.2, -0.15) is 0 Å². The molecule has 0 saturated heterocycles. The Balaban J connectivity index is 1.69. The molecule has 0 radical (unpaired) electrons. The van der Waals surface area contributed by atoms with E-state index in [-0.39, 0.29) is 0 Å². The highest BCUT2D eigenvalue weighted by Crippen LogP contribution is 2.22. The summed E-state index contributed by atoms with van der Waals surface area (Å²) in [5.41, 5.74) is 1.02. The van der Waals surface area contributed by atoms with Gasteiger partial charge < -0.3 is 5.32 Å². The molecule has 0 bridgehead atoms. The molecule has 0 aliphatic heterocycles. The van der Waals surface area contributed by atoms with Gasteiger partial charge in [0.25, 0.3) is 0 Å². The molecular formula is C12H15N3S. The SMILES string of the molecule is c1cc2sc(CNC3CCCC3)nc2cn1. The summed E-state index contributed by atoms with van der Waals surface area (Å²) in [5.74, 6) is 0. The van der Waals surface area contributed by atoms with Crippen LogP contribution in [0, 0.1) is 0 Å². The zero-order valence-corrected chi connectivity index (χ0v) is 9.96. The third kappa shape index (κ3) is 2.08. The van der Waals surface area contributed by atoms with E-state index >= 15 is 0 Å². The van der Waals surface area contributed by atoms with Gasteiger partial charge in [-0.1, -0.05) is 12.8 Å². The van der Waals surface area contributed by atoms with Gasteiger partial charge in [0.05, 0.1) is 16.4 Å². The van der Waals surface area contributed by atoms with E-state index in [2.05, 4.69) is 15.3 Å². The van der Waals surface area contributed by atoms with Crippen LogP contribution < -0.4 is 5.32 Å². The van der Waals surface area contributed by atoms with E-state index in [1.165, 1.54) is 35.4 Å². The van der Waals surface area contributed by atoms with Crippen molar-refractivity contribution in [1.29, 1.82) is 0 Å². The fourth-order valence-corrected chi connectivity index (χ4v) is 3.15. The Bertz CT molecular complexity index is 441. The molecule has 0 atom stereocenters. The molecule has 0 aromatic carbocycles. The van der Waals surface area contributed by atoms with Crippen molar-refractivity contribution in [3.05, 3.63) is 23.5 Å². The zero-order chi connectivity index (χ0) is 10.8. The number of aromatic nitrogens is 2. The van der Waals surface area contributed by atoms with Gasteiger partial charge in [-0.15, -0.1) is 11.3 Å². The Hall–Kier alpha value is -1.00. The molecule has 3 rings (SSSR count). The summed E-state index contributed by atoms with van der Waals surface area (Å²) in [6.07, 6.45) is 9.07. The van der Waals surface area contributed by atoms with Crippen molar-refractivity contribution < 1.29 is 0 Å². The van der Waals surface area contributed by atoms with Crippen molar-refractivity contribution in [3.8, 4) is 0 Å². The molecule has 1 saturated carbocycles. The fourth-order valence-electron chi connectivity index (χ4n) is 2.26. The maximum atomic E-state index is 4.57. The van der Waals surface area contributed by atoms with E-state index < -0.39 is 0 Å². The first-order valence-corrected chi connectivity index (χ1v) is 6.66. The number of pyridine rings is 1. The number of rotatable bonds is 3. The predicted octanol–water partition coefficient (Wildman–Crippen LogP) is 2.72. The smallest absolute Gasteiger partial charge is 0.108 e. The van der Waals surface area contributed by atoms with Gasteiger partial charge in [0, 0.05) is 18.8 Å². The van der Waals surface area contributed by atoms with E-state index in [4.69, 9.17) is 0 Å². The number of hydrogen-bond donors (Lipinski definition) is 1. The van der Waals surface area contributed by atoms with E-state index in [1.807, 2.05) is 18.5 Å². The van der Waals surface area contributed by atoms with E-state index in [9.17, 15) is 0 Å². The minimum Gasteiger partial charge on any atom is -0.308 e. The molecule has 1 aliphatic rings. The van der Waals surface area contributed by atoms with Gasteiger partial charge >= 0.3 is 0 Å². The highest BCUT2D eigenvalue weighted by atomic mass is 32.1. The predicted molar refractivity (Wildman–Crippen MR) is 66.5 cm³/mol. The van der Waals surface area contributed by atoms with Gasteiger partial charge in [-0.25, -0.2) is 4.98 Å². The third-order valence-corrected chi connectivity index (χ3v) is 4.17. The number of nitrogens with zero attached hydrogens (tertiary/aromatic N) is 2. The van der Waals surface area contributed by atoms with Crippen LogP contribution in [0.4, 0.5) is 0 Å². The minimum absolute atomic E-state index is 0.713. The van der Waals surface area contributed by atoms with Gasteiger partial charge in [0.15, 0.2) is 0 Å². The standard InChI is InChI=1S/C12H15N3S/c1-2-4-9(3-1)14-8-12-15-10-7-13-6-5-11(10)16-12/h5-7,9,14H,1-4,8H2. The van der Waals surface area contributed by atoms with Crippen LogP contribution in [0.3, 0.4) is 0 Å². The van der Waals surface area contributed by atoms with Crippen LogP contribution in [0.2, 0.25) is 0 Å². The van der Waals surface area contributed by atoms with E-state index in [0.29, 0.717) is 6.04 Å². The lowest BCUT2D eigenvalue weighted by Gasteiger charge is -2.09. The van der Waals surface area contributed by atoms with Crippen LogP contribution in [-0.2, 0) is 6.54 Å². The summed E-state index contributed by atoms with van der Waals surface area (Å²) < 4.78 is 1.23. The maximum Gasteiger partial charge on any atom is 0.108 e. The first-order valence-electron chi connectivity index (χ1n) is 5.84. The molecule has 16 heavy (non-hydrogen) atoms. The maximum absolute atomic E-state index is 4.57. The Labute approximate surface area is 98.9 Å². The lowest BCUT2D eigenvalue weighted by atomic mass is 10.2. The van der Waals surface area contributed by atoms with Crippen molar-refractivity contribution in [2.45, 2.75) is 38.3 Å². The van der Waals surface area contributed by atoms with Crippen molar-refractivity contribution in [1.82, 2.24) is 15.3 Å². The summed E-state index contributed by atoms with van der Waals surface area (Å²) in [6, 6.07) is 2.75. The van der Waals surface area contributed by atoms with Gasteiger partial charge in [-0.3, -0.25) is 4.98 Å². The monoisotopic (exact) mass is 233 g/mol. The number of nitrogens with one attached hydrogen (secondary N) is 1. The third-order valence-electron chi connectivity index (χ3n) is 3.13. The molecule has 1 fully saturated rings. The molecule has 4 heteroatoms. The normalized spacial score (nSPS) is 17.2. The van der Waals surface area contributed by atoms with E-state index in [1.54, 1.807) is 11.3 Å². The second-order valence-corrected chi connectivity index (χ2v) is 5.43. The fraction of sp³-hybridized carbons (Fsp3) is 0.500. The second-order valence-electron chi connectivity index (χ2n) is 4.31. The molecule has 0 spiro atoms. The molecule has 2 heterocycles. The van der Waals surface area contributed by atoms with Crippen molar-refractivity contribution >= 4 is 21.6 Å². The Morgan fingerprint density at radius 2 is 2.25 bits per heavy atom. The minimum atomic E-state index is 0.713. The van der Waals surface area contributed by atoms with Crippen LogP contribution in [0.5, 0.6) is 0 Å².